The average molecular weight is 423 g/mol. The van der Waals surface area contributed by atoms with E-state index in [-0.39, 0.29) is 39.5 Å². The van der Waals surface area contributed by atoms with Gasteiger partial charge in [-0.25, -0.2) is 17.9 Å². The molecule has 2 N–H and O–H groups in total. The molecule has 0 aromatic heterocycles. The van der Waals surface area contributed by atoms with Crippen LogP contribution in [0.2, 0.25) is 10.0 Å². The van der Waals surface area contributed by atoms with E-state index in [1.54, 1.807) is 0 Å². The molecule has 0 radical (unpaired) electrons. The van der Waals surface area contributed by atoms with Gasteiger partial charge < -0.3 is 10.1 Å². The molecule has 1 aromatic rings. The summed E-state index contributed by atoms with van der Waals surface area (Å²) in [7, 11) is -3.94. The van der Waals surface area contributed by atoms with Gasteiger partial charge >= 0.3 is 5.97 Å². The topological polar surface area (TPSA) is 102 Å². The molecule has 10 heteroatoms. The fraction of sp³-hybridized carbons (Fsp3) is 0.375. The van der Waals surface area contributed by atoms with Crippen LogP contribution >= 0.6 is 23.2 Å². The average Bonchev–Trinajstić information content (AvgIpc) is 2.55. The Balaban J connectivity index is 3.01. The summed E-state index contributed by atoms with van der Waals surface area (Å²) in [4.78, 5) is 23.3. The Morgan fingerprint density at radius 2 is 1.92 bits per heavy atom. The van der Waals surface area contributed by atoms with Crippen molar-refractivity contribution in [3.8, 4) is 0 Å². The van der Waals surface area contributed by atoms with Gasteiger partial charge in [0, 0.05) is 13.1 Å². The molecule has 0 saturated carbocycles. The summed E-state index contributed by atoms with van der Waals surface area (Å²) in [5.74, 6) is -1.40. The Bertz CT molecular complexity index is 794. The minimum Gasteiger partial charge on any atom is -0.452 e. The number of hydrogen-bond donors (Lipinski definition) is 2. The third-order valence-corrected chi connectivity index (χ3v) is 5.19. The van der Waals surface area contributed by atoms with Crippen molar-refractivity contribution < 1.29 is 22.7 Å². The van der Waals surface area contributed by atoms with Crippen LogP contribution in [0.1, 0.15) is 24.2 Å². The van der Waals surface area contributed by atoms with Crippen molar-refractivity contribution in [3.63, 3.8) is 0 Å². The zero-order valence-corrected chi connectivity index (χ0v) is 16.7. The second-order valence-electron chi connectivity index (χ2n) is 5.68. The molecule has 0 bridgehead atoms. The number of halogens is 2. The number of nitrogens with one attached hydrogen (secondary N) is 2. The van der Waals surface area contributed by atoms with Crippen LogP contribution in [0.15, 0.2) is 29.7 Å². The van der Waals surface area contributed by atoms with E-state index >= 15 is 0 Å². The van der Waals surface area contributed by atoms with E-state index in [0.717, 1.165) is 12.1 Å². The van der Waals surface area contributed by atoms with Crippen LogP contribution in [0.3, 0.4) is 0 Å². The highest BCUT2D eigenvalue weighted by Gasteiger charge is 2.23. The van der Waals surface area contributed by atoms with Crippen molar-refractivity contribution in [3.05, 3.63) is 40.4 Å². The maximum absolute atomic E-state index is 12.4. The molecule has 0 aliphatic heterocycles. The Labute approximate surface area is 162 Å². The van der Waals surface area contributed by atoms with Gasteiger partial charge in [-0.15, -0.1) is 6.58 Å². The fourth-order valence-electron chi connectivity index (χ4n) is 1.69. The lowest BCUT2D eigenvalue weighted by molar-refractivity contribution is -0.124. The summed E-state index contributed by atoms with van der Waals surface area (Å²) in [6.45, 7) is 7.00. The highest BCUT2D eigenvalue weighted by Crippen LogP contribution is 2.29. The van der Waals surface area contributed by atoms with Gasteiger partial charge in [-0.1, -0.05) is 43.1 Å². The standard InChI is InChI=1S/C16H20Cl2N2O5S/c1-4-5-19-15(21)9-25-16(22)11-6-14(13(18)7-12(11)17)26(23,24)20-8-10(2)3/h4,6-7,10,20H,1,5,8-9H2,2-3H3,(H,19,21). The number of carbonyl (C=O) groups excluding carboxylic acids is 2. The molecule has 1 rings (SSSR count). The first-order valence-electron chi connectivity index (χ1n) is 7.62. The minimum absolute atomic E-state index is 0.0781. The highest BCUT2D eigenvalue weighted by atomic mass is 35.5. The van der Waals surface area contributed by atoms with Gasteiger partial charge in [-0.2, -0.15) is 0 Å². The van der Waals surface area contributed by atoms with E-state index in [1.807, 2.05) is 13.8 Å². The van der Waals surface area contributed by atoms with Gasteiger partial charge in [0.25, 0.3) is 5.91 Å². The first-order chi connectivity index (χ1) is 12.1. The molecule has 0 unspecified atom stereocenters. The van der Waals surface area contributed by atoms with Crippen molar-refractivity contribution >= 4 is 45.1 Å². The summed E-state index contributed by atoms with van der Waals surface area (Å²) >= 11 is 11.9. The third-order valence-electron chi connectivity index (χ3n) is 2.99. The van der Waals surface area contributed by atoms with Crippen LogP contribution in [0.5, 0.6) is 0 Å². The third kappa shape index (κ3) is 6.60. The van der Waals surface area contributed by atoms with Crippen molar-refractivity contribution in [2.45, 2.75) is 18.7 Å². The monoisotopic (exact) mass is 422 g/mol. The minimum atomic E-state index is -3.94. The zero-order chi connectivity index (χ0) is 19.9. The molecule has 1 aromatic carbocycles. The molecule has 7 nitrogen and oxygen atoms in total. The lowest BCUT2D eigenvalue weighted by atomic mass is 10.2. The molecular weight excluding hydrogens is 403 g/mol. The molecule has 0 atom stereocenters. The highest BCUT2D eigenvalue weighted by molar-refractivity contribution is 7.89. The normalized spacial score (nSPS) is 11.3. The van der Waals surface area contributed by atoms with Gasteiger partial charge in [0.1, 0.15) is 4.90 Å². The number of ether oxygens (including phenoxy) is 1. The van der Waals surface area contributed by atoms with Gasteiger partial charge in [-0.3, -0.25) is 4.79 Å². The number of carbonyl (C=O) groups is 2. The number of rotatable bonds is 9. The summed E-state index contributed by atoms with van der Waals surface area (Å²) in [6.07, 6.45) is 1.47. The van der Waals surface area contributed by atoms with Crippen molar-refractivity contribution in [1.29, 1.82) is 0 Å². The van der Waals surface area contributed by atoms with E-state index in [0.29, 0.717) is 0 Å². The van der Waals surface area contributed by atoms with E-state index in [4.69, 9.17) is 27.9 Å². The van der Waals surface area contributed by atoms with Crippen molar-refractivity contribution in [2.24, 2.45) is 5.92 Å². The van der Waals surface area contributed by atoms with Crippen LogP contribution < -0.4 is 10.0 Å². The molecule has 0 fully saturated rings. The Morgan fingerprint density at radius 3 is 2.50 bits per heavy atom. The first kappa shape index (κ1) is 22.4. The molecule has 1 amide bonds. The van der Waals surface area contributed by atoms with E-state index in [1.165, 1.54) is 6.08 Å². The van der Waals surface area contributed by atoms with Gasteiger partial charge in [-0.05, 0) is 18.1 Å². The van der Waals surface area contributed by atoms with Crippen LogP contribution in [0, 0.1) is 5.92 Å². The molecule has 0 saturated heterocycles. The maximum Gasteiger partial charge on any atom is 0.340 e. The second-order valence-corrected chi connectivity index (χ2v) is 8.23. The number of esters is 1. The molecule has 0 aliphatic carbocycles. The summed E-state index contributed by atoms with van der Waals surface area (Å²) in [6, 6.07) is 2.17. The SMILES string of the molecule is C=CCNC(=O)COC(=O)c1cc(S(=O)(=O)NCC(C)C)c(Cl)cc1Cl. The maximum atomic E-state index is 12.4. The molecule has 0 spiro atoms. The van der Waals surface area contributed by atoms with Crippen LogP contribution in [0.4, 0.5) is 0 Å². The second kappa shape index (κ2) is 9.91. The lowest BCUT2D eigenvalue weighted by Crippen LogP contribution is -2.29. The molecular formula is C16H20Cl2N2O5S. The quantitative estimate of drug-likeness (QED) is 0.469. The molecule has 0 aliphatic rings. The van der Waals surface area contributed by atoms with Crippen molar-refractivity contribution in [1.82, 2.24) is 10.0 Å². The molecule has 144 valence electrons. The smallest absolute Gasteiger partial charge is 0.340 e. The van der Waals surface area contributed by atoms with Crippen LogP contribution in [-0.2, 0) is 19.6 Å². The van der Waals surface area contributed by atoms with Crippen LogP contribution in [-0.4, -0.2) is 40.0 Å². The number of amides is 1. The number of benzene rings is 1. The lowest BCUT2D eigenvalue weighted by Gasteiger charge is -2.12. The predicted octanol–water partition coefficient (Wildman–Crippen LogP) is 2.39. The Morgan fingerprint density at radius 1 is 1.27 bits per heavy atom. The van der Waals surface area contributed by atoms with Gasteiger partial charge in [0.05, 0.1) is 15.6 Å². The Hall–Kier alpha value is -1.61. The summed E-state index contributed by atoms with van der Waals surface area (Å²) in [5, 5.41) is 2.21. The Kier molecular flexibility index (Phi) is 8.55. The number of sulfonamides is 1. The van der Waals surface area contributed by atoms with Gasteiger partial charge in [0.2, 0.25) is 10.0 Å². The summed E-state index contributed by atoms with van der Waals surface area (Å²) < 4.78 is 32.0. The first-order valence-corrected chi connectivity index (χ1v) is 9.85. The van der Waals surface area contributed by atoms with Crippen molar-refractivity contribution in [2.75, 3.05) is 19.7 Å². The zero-order valence-electron chi connectivity index (χ0n) is 14.3. The van der Waals surface area contributed by atoms with E-state index in [9.17, 15) is 18.0 Å². The molecule has 26 heavy (non-hydrogen) atoms. The van der Waals surface area contributed by atoms with Gasteiger partial charge in [0.15, 0.2) is 6.61 Å². The summed E-state index contributed by atoms with van der Waals surface area (Å²) in [5.41, 5.74) is -0.211. The van der Waals surface area contributed by atoms with E-state index < -0.39 is 28.5 Å². The largest absolute Gasteiger partial charge is 0.452 e. The predicted molar refractivity (Wildman–Crippen MR) is 100.0 cm³/mol. The fourth-order valence-corrected chi connectivity index (χ4v) is 3.75. The van der Waals surface area contributed by atoms with Crippen LogP contribution in [0.25, 0.3) is 0 Å². The molecule has 0 heterocycles. The van der Waals surface area contributed by atoms with E-state index in [2.05, 4.69) is 16.6 Å². The number of hydrogen-bond acceptors (Lipinski definition) is 5.